The highest BCUT2D eigenvalue weighted by Gasteiger charge is 2.20. The molecule has 6 heteroatoms. The smallest absolute Gasteiger partial charge is 0.255 e. The fraction of sp³-hybridized carbons (Fsp3) is 0.462. The molecule has 0 aromatic heterocycles. The first-order valence-corrected chi connectivity index (χ1v) is 12.7. The highest BCUT2D eigenvalue weighted by atomic mass is 32.2. The van der Waals surface area contributed by atoms with Crippen LogP contribution < -0.4 is 4.90 Å². The Morgan fingerprint density at radius 1 is 0.875 bits per heavy atom. The third-order valence-electron chi connectivity index (χ3n) is 6.35. The van der Waals surface area contributed by atoms with Crippen LogP contribution in [0.15, 0.2) is 53.4 Å². The number of carbonyl (C=O) groups is 2. The van der Waals surface area contributed by atoms with Crippen molar-refractivity contribution in [1.82, 2.24) is 9.80 Å². The molecule has 0 aliphatic carbocycles. The second kappa shape index (κ2) is 10.9. The highest BCUT2D eigenvalue weighted by molar-refractivity contribution is 8.00. The van der Waals surface area contributed by atoms with Crippen molar-refractivity contribution in [2.24, 2.45) is 0 Å². The molecular formula is C26H33N3O2S. The molecule has 2 amide bonds. The molecule has 0 bridgehead atoms. The van der Waals surface area contributed by atoms with Crippen molar-refractivity contribution in [2.75, 3.05) is 43.9 Å². The summed E-state index contributed by atoms with van der Waals surface area (Å²) in [5.41, 5.74) is 3.06. The Balaban J connectivity index is 1.36. The zero-order chi connectivity index (χ0) is 22.3. The van der Waals surface area contributed by atoms with Gasteiger partial charge in [-0.3, -0.25) is 9.59 Å². The maximum atomic E-state index is 13.2. The average molecular weight is 452 g/mol. The molecule has 0 radical (unpaired) electrons. The standard InChI is InChI=1S/C26H33N3O2S/c1-27(19-21-11-13-22(14-12-21)28-15-5-2-6-16-28)26(31)23-9-3-4-10-24(23)32-20-25(30)29-17-7-8-18-29/h3-4,9-14H,2,5-8,15-20H2,1H3. The maximum Gasteiger partial charge on any atom is 0.255 e. The van der Waals surface area contributed by atoms with Crippen LogP contribution in [0.5, 0.6) is 0 Å². The van der Waals surface area contributed by atoms with Gasteiger partial charge in [0.2, 0.25) is 5.91 Å². The minimum atomic E-state index is -0.0122. The lowest BCUT2D eigenvalue weighted by atomic mass is 10.1. The summed E-state index contributed by atoms with van der Waals surface area (Å²) in [6.07, 6.45) is 6.04. The van der Waals surface area contributed by atoms with E-state index in [1.165, 1.54) is 36.7 Å². The largest absolute Gasteiger partial charge is 0.372 e. The fourth-order valence-electron chi connectivity index (χ4n) is 4.48. The number of benzene rings is 2. The average Bonchev–Trinajstić information content (AvgIpc) is 3.38. The van der Waals surface area contributed by atoms with Gasteiger partial charge in [-0.05, 0) is 61.9 Å². The van der Waals surface area contributed by atoms with Crippen LogP contribution in [0.3, 0.4) is 0 Å². The van der Waals surface area contributed by atoms with E-state index in [0.29, 0.717) is 17.9 Å². The molecule has 2 fully saturated rings. The van der Waals surface area contributed by atoms with E-state index in [-0.39, 0.29) is 11.8 Å². The van der Waals surface area contributed by atoms with Crippen molar-refractivity contribution in [3.63, 3.8) is 0 Å². The number of amides is 2. The Morgan fingerprint density at radius 3 is 2.25 bits per heavy atom. The van der Waals surface area contributed by atoms with Gasteiger partial charge in [0.15, 0.2) is 0 Å². The Labute approximate surface area is 195 Å². The van der Waals surface area contributed by atoms with E-state index < -0.39 is 0 Å². The molecular weight excluding hydrogens is 418 g/mol. The number of rotatable bonds is 7. The number of anilines is 1. The molecule has 0 spiro atoms. The molecule has 32 heavy (non-hydrogen) atoms. The maximum absolute atomic E-state index is 13.2. The van der Waals surface area contributed by atoms with Gasteiger partial charge in [0.25, 0.3) is 5.91 Å². The van der Waals surface area contributed by atoms with E-state index in [1.54, 1.807) is 4.90 Å². The van der Waals surface area contributed by atoms with Crippen molar-refractivity contribution in [3.8, 4) is 0 Å². The molecule has 2 aromatic carbocycles. The number of thioether (sulfide) groups is 1. The second-order valence-corrected chi connectivity index (χ2v) is 9.77. The van der Waals surface area contributed by atoms with Crippen molar-refractivity contribution >= 4 is 29.3 Å². The summed E-state index contributed by atoms with van der Waals surface area (Å²) in [4.78, 5) is 32.6. The van der Waals surface area contributed by atoms with E-state index in [9.17, 15) is 9.59 Å². The van der Waals surface area contributed by atoms with Gasteiger partial charge in [-0.2, -0.15) is 0 Å². The van der Waals surface area contributed by atoms with Gasteiger partial charge in [-0.25, -0.2) is 0 Å². The van der Waals surface area contributed by atoms with Gasteiger partial charge in [-0.15, -0.1) is 11.8 Å². The Bertz CT molecular complexity index is 919. The van der Waals surface area contributed by atoms with Gasteiger partial charge < -0.3 is 14.7 Å². The van der Waals surface area contributed by atoms with Gasteiger partial charge >= 0.3 is 0 Å². The summed E-state index contributed by atoms with van der Waals surface area (Å²) in [5, 5.41) is 0. The molecule has 0 atom stereocenters. The van der Waals surface area contributed by atoms with Crippen molar-refractivity contribution in [1.29, 1.82) is 0 Å². The monoisotopic (exact) mass is 451 g/mol. The summed E-state index contributed by atoms with van der Waals surface area (Å²) in [6.45, 7) is 4.54. The Morgan fingerprint density at radius 2 is 1.53 bits per heavy atom. The summed E-state index contributed by atoms with van der Waals surface area (Å²) >= 11 is 1.47. The quantitative estimate of drug-likeness (QED) is 0.574. The Kier molecular flexibility index (Phi) is 7.74. The van der Waals surface area contributed by atoms with Gasteiger partial charge in [0, 0.05) is 50.4 Å². The summed E-state index contributed by atoms with van der Waals surface area (Å²) in [6, 6.07) is 16.2. The molecule has 2 aliphatic heterocycles. The van der Waals surface area contributed by atoms with Crippen LogP contribution in [0, 0.1) is 0 Å². The van der Waals surface area contributed by atoms with E-state index in [1.807, 2.05) is 36.2 Å². The first-order valence-electron chi connectivity index (χ1n) is 11.7. The zero-order valence-corrected chi connectivity index (χ0v) is 19.8. The van der Waals surface area contributed by atoms with E-state index in [4.69, 9.17) is 0 Å². The topological polar surface area (TPSA) is 43.9 Å². The lowest BCUT2D eigenvalue weighted by Crippen LogP contribution is -2.30. The number of hydrogen-bond donors (Lipinski definition) is 0. The Hall–Kier alpha value is -2.47. The number of piperidine rings is 1. The number of hydrogen-bond acceptors (Lipinski definition) is 4. The van der Waals surface area contributed by atoms with Crippen LogP contribution >= 0.6 is 11.8 Å². The SMILES string of the molecule is CN(Cc1ccc(N2CCCCC2)cc1)C(=O)c1ccccc1SCC(=O)N1CCCC1. The van der Waals surface area contributed by atoms with E-state index in [2.05, 4.69) is 29.2 Å². The number of likely N-dealkylation sites (tertiary alicyclic amines) is 1. The minimum absolute atomic E-state index is 0.0122. The van der Waals surface area contributed by atoms with Crippen LogP contribution in [-0.4, -0.2) is 60.6 Å². The molecule has 5 nitrogen and oxygen atoms in total. The predicted molar refractivity (Wildman–Crippen MR) is 131 cm³/mol. The van der Waals surface area contributed by atoms with Gasteiger partial charge in [0.1, 0.15) is 0 Å². The lowest BCUT2D eigenvalue weighted by Gasteiger charge is -2.29. The fourth-order valence-corrected chi connectivity index (χ4v) is 5.43. The molecule has 170 valence electrons. The van der Waals surface area contributed by atoms with E-state index in [0.717, 1.165) is 49.5 Å². The molecule has 2 aliphatic rings. The first kappa shape index (κ1) is 22.7. The summed E-state index contributed by atoms with van der Waals surface area (Å²) in [5.74, 6) is 0.533. The van der Waals surface area contributed by atoms with Crippen molar-refractivity contribution in [3.05, 3.63) is 59.7 Å². The predicted octanol–water partition coefficient (Wildman–Crippen LogP) is 4.66. The second-order valence-electron chi connectivity index (χ2n) is 8.75. The first-order chi connectivity index (χ1) is 15.6. The molecule has 2 saturated heterocycles. The van der Waals surface area contributed by atoms with Gasteiger partial charge in [-0.1, -0.05) is 24.3 Å². The van der Waals surface area contributed by atoms with Crippen LogP contribution in [0.1, 0.15) is 48.0 Å². The van der Waals surface area contributed by atoms with Gasteiger partial charge in [0.05, 0.1) is 11.3 Å². The van der Waals surface area contributed by atoms with Crippen LogP contribution in [0.25, 0.3) is 0 Å². The van der Waals surface area contributed by atoms with E-state index >= 15 is 0 Å². The summed E-state index contributed by atoms with van der Waals surface area (Å²) < 4.78 is 0. The third kappa shape index (κ3) is 5.66. The third-order valence-corrected chi connectivity index (χ3v) is 7.41. The van der Waals surface area contributed by atoms with Crippen LogP contribution in [0.2, 0.25) is 0 Å². The summed E-state index contributed by atoms with van der Waals surface area (Å²) in [7, 11) is 1.84. The highest BCUT2D eigenvalue weighted by Crippen LogP contribution is 2.26. The number of nitrogens with zero attached hydrogens (tertiary/aromatic N) is 3. The van der Waals surface area contributed by atoms with Crippen molar-refractivity contribution in [2.45, 2.75) is 43.5 Å². The molecule has 0 unspecified atom stereocenters. The van der Waals surface area contributed by atoms with Crippen LogP contribution in [-0.2, 0) is 11.3 Å². The molecule has 4 rings (SSSR count). The zero-order valence-electron chi connectivity index (χ0n) is 19.0. The molecule has 0 saturated carbocycles. The van der Waals surface area contributed by atoms with Crippen molar-refractivity contribution < 1.29 is 9.59 Å². The molecule has 0 N–H and O–H groups in total. The minimum Gasteiger partial charge on any atom is -0.372 e. The normalized spacial score (nSPS) is 16.3. The number of carbonyl (C=O) groups excluding carboxylic acids is 2. The lowest BCUT2D eigenvalue weighted by molar-refractivity contribution is -0.127. The molecule has 2 aromatic rings. The molecule has 2 heterocycles. The van der Waals surface area contributed by atoms with Crippen LogP contribution in [0.4, 0.5) is 5.69 Å².